The van der Waals surface area contributed by atoms with Gasteiger partial charge in [0.25, 0.3) is 0 Å². The van der Waals surface area contributed by atoms with Crippen molar-refractivity contribution >= 4 is 0 Å². The first-order valence-electron chi connectivity index (χ1n) is 8.67. The number of aryl methyl sites for hydroxylation is 1. The van der Waals surface area contributed by atoms with Crippen LogP contribution in [0.25, 0.3) is 11.5 Å². The molecule has 0 saturated heterocycles. The number of hydrogen-bond acceptors (Lipinski definition) is 4. The number of hydrogen-bond donors (Lipinski definition) is 0. The Labute approximate surface area is 151 Å². The standard InChI is InChI=1S/C20H22FN3O2/c1-3-12-23(13-16-6-4-15(2)5-7-16)14-24-20(25)26-19(22-24)17-8-10-18(21)11-9-17/h4-11H,3,12-14H2,1-2H3. The third-order valence-corrected chi connectivity index (χ3v) is 4.10. The molecule has 0 aliphatic rings. The van der Waals surface area contributed by atoms with E-state index in [0.717, 1.165) is 19.5 Å². The fraction of sp³-hybridized carbons (Fsp3) is 0.300. The van der Waals surface area contributed by atoms with Crippen molar-refractivity contribution in [1.29, 1.82) is 0 Å². The molecule has 0 unspecified atom stereocenters. The van der Waals surface area contributed by atoms with Crippen LogP contribution >= 0.6 is 0 Å². The Morgan fingerprint density at radius 1 is 1.12 bits per heavy atom. The molecule has 3 rings (SSSR count). The number of halogens is 1. The Hall–Kier alpha value is -2.73. The first-order valence-corrected chi connectivity index (χ1v) is 8.67. The zero-order valence-corrected chi connectivity index (χ0v) is 15.0. The smallest absolute Gasteiger partial charge is 0.388 e. The van der Waals surface area contributed by atoms with Gasteiger partial charge >= 0.3 is 5.76 Å². The van der Waals surface area contributed by atoms with Crippen LogP contribution in [0.2, 0.25) is 0 Å². The molecule has 0 spiro atoms. The second-order valence-corrected chi connectivity index (χ2v) is 6.36. The van der Waals surface area contributed by atoms with Gasteiger partial charge in [-0.05, 0) is 49.7 Å². The lowest BCUT2D eigenvalue weighted by atomic mass is 10.1. The van der Waals surface area contributed by atoms with Crippen LogP contribution in [0.1, 0.15) is 24.5 Å². The van der Waals surface area contributed by atoms with Crippen molar-refractivity contribution in [3.63, 3.8) is 0 Å². The topological polar surface area (TPSA) is 51.3 Å². The molecule has 2 aromatic carbocycles. The highest BCUT2D eigenvalue weighted by atomic mass is 19.1. The molecule has 0 fully saturated rings. The summed E-state index contributed by atoms with van der Waals surface area (Å²) in [5, 5.41) is 4.26. The summed E-state index contributed by atoms with van der Waals surface area (Å²) in [7, 11) is 0. The lowest BCUT2D eigenvalue weighted by Crippen LogP contribution is -2.31. The molecule has 0 amide bonds. The van der Waals surface area contributed by atoms with Crippen LogP contribution in [0.3, 0.4) is 0 Å². The molecule has 0 aliphatic heterocycles. The van der Waals surface area contributed by atoms with E-state index in [9.17, 15) is 9.18 Å². The number of benzene rings is 2. The molecule has 0 atom stereocenters. The van der Waals surface area contributed by atoms with Crippen molar-refractivity contribution in [3.05, 3.63) is 76.0 Å². The minimum absolute atomic E-state index is 0.196. The number of aromatic nitrogens is 2. The summed E-state index contributed by atoms with van der Waals surface area (Å²) in [5.41, 5.74) is 2.97. The molecule has 0 radical (unpaired) electrons. The largest absolute Gasteiger partial charge is 0.438 e. The van der Waals surface area contributed by atoms with E-state index in [-0.39, 0.29) is 11.7 Å². The maximum atomic E-state index is 13.1. The Bertz CT molecular complexity index is 898. The molecule has 0 N–H and O–H groups in total. The maximum absolute atomic E-state index is 13.1. The van der Waals surface area contributed by atoms with Gasteiger partial charge in [0.2, 0.25) is 5.89 Å². The molecular formula is C20H22FN3O2. The van der Waals surface area contributed by atoms with Crippen molar-refractivity contribution in [3.8, 4) is 11.5 Å². The van der Waals surface area contributed by atoms with Crippen molar-refractivity contribution in [2.45, 2.75) is 33.5 Å². The van der Waals surface area contributed by atoms with Crippen LogP contribution in [0.4, 0.5) is 4.39 Å². The summed E-state index contributed by atoms with van der Waals surface area (Å²) < 4.78 is 19.6. The molecule has 3 aromatic rings. The predicted octanol–water partition coefficient (Wildman–Crippen LogP) is 3.82. The Morgan fingerprint density at radius 2 is 1.81 bits per heavy atom. The second-order valence-electron chi connectivity index (χ2n) is 6.36. The molecule has 0 saturated carbocycles. The van der Waals surface area contributed by atoms with E-state index in [1.807, 2.05) is 0 Å². The predicted molar refractivity (Wildman–Crippen MR) is 98.0 cm³/mol. The Morgan fingerprint density at radius 3 is 2.46 bits per heavy atom. The lowest BCUT2D eigenvalue weighted by Gasteiger charge is -2.20. The van der Waals surface area contributed by atoms with Crippen LogP contribution < -0.4 is 5.76 Å². The van der Waals surface area contributed by atoms with Gasteiger partial charge in [0, 0.05) is 12.1 Å². The number of nitrogens with zero attached hydrogens (tertiary/aromatic N) is 3. The second kappa shape index (κ2) is 8.10. The van der Waals surface area contributed by atoms with Gasteiger partial charge in [0.15, 0.2) is 0 Å². The van der Waals surface area contributed by atoms with Gasteiger partial charge in [-0.3, -0.25) is 4.90 Å². The normalized spacial score (nSPS) is 11.2. The zero-order chi connectivity index (χ0) is 18.5. The van der Waals surface area contributed by atoms with E-state index < -0.39 is 5.76 Å². The fourth-order valence-corrected chi connectivity index (χ4v) is 2.76. The van der Waals surface area contributed by atoms with Crippen LogP contribution in [0, 0.1) is 12.7 Å². The van der Waals surface area contributed by atoms with Crippen molar-refractivity contribution in [2.24, 2.45) is 0 Å². The third-order valence-electron chi connectivity index (χ3n) is 4.10. The van der Waals surface area contributed by atoms with Crippen molar-refractivity contribution < 1.29 is 8.81 Å². The van der Waals surface area contributed by atoms with E-state index >= 15 is 0 Å². The molecule has 26 heavy (non-hydrogen) atoms. The summed E-state index contributed by atoms with van der Waals surface area (Å²) in [6.07, 6.45) is 0.962. The minimum atomic E-state index is -0.519. The van der Waals surface area contributed by atoms with E-state index in [1.54, 1.807) is 12.1 Å². The monoisotopic (exact) mass is 355 g/mol. The van der Waals surface area contributed by atoms with Crippen LogP contribution in [-0.2, 0) is 13.2 Å². The van der Waals surface area contributed by atoms with Crippen molar-refractivity contribution in [1.82, 2.24) is 14.7 Å². The minimum Gasteiger partial charge on any atom is -0.388 e. The molecule has 1 aromatic heterocycles. The zero-order valence-electron chi connectivity index (χ0n) is 15.0. The van der Waals surface area contributed by atoms with Gasteiger partial charge in [-0.1, -0.05) is 36.8 Å². The first-order chi connectivity index (χ1) is 12.5. The average molecular weight is 355 g/mol. The highest BCUT2D eigenvalue weighted by Gasteiger charge is 2.14. The first kappa shape index (κ1) is 18.1. The van der Waals surface area contributed by atoms with E-state index in [2.05, 4.69) is 48.1 Å². The van der Waals surface area contributed by atoms with Crippen LogP contribution in [0.15, 0.2) is 57.7 Å². The van der Waals surface area contributed by atoms with E-state index in [4.69, 9.17) is 4.42 Å². The molecule has 136 valence electrons. The molecule has 5 nitrogen and oxygen atoms in total. The highest BCUT2D eigenvalue weighted by molar-refractivity contribution is 5.51. The molecule has 6 heteroatoms. The van der Waals surface area contributed by atoms with Gasteiger partial charge in [-0.25, -0.2) is 9.18 Å². The summed E-state index contributed by atoms with van der Waals surface area (Å²) in [6, 6.07) is 14.1. The van der Waals surface area contributed by atoms with Crippen LogP contribution in [0.5, 0.6) is 0 Å². The SMILES string of the molecule is CCCN(Cc1ccc(C)cc1)Cn1nc(-c2ccc(F)cc2)oc1=O. The summed E-state index contributed by atoms with van der Waals surface area (Å²) in [6.45, 7) is 6.04. The third kappa shape index (κ3) is 4.46. The maximum Gasteiger partial charge on any atom is 0.438 e. The highest BCUT2D eigenvalue weighted by Crippen LogP contribution is 2.16. The molecule has 0 bridgehead atoms. The van der Waals surface area contributed by atoms with E-state index in [1.165, 1.54) is 27.9 Å². The molecule has 0 aliphatic carbocycles. The Balaban J connectivity index is 1.77. The van der Waals surface area contributed by atoms with Crippen LogP contribution in [-0.4, -0.2) is 21.2 Å². The summed E-state index contributed by atoms with van der Waals surface area (Å²) in [5.74, 6) is -0.668. The number of rotatable bonds is 7. The average Bonchev–Trinajstić information content (AvgIpc) is 2.98. The summed E-state index contributed by atoms with van der Waals surface area (Å²) in [4.78, 5) is 14.3. The van der Waals surface area contributed by atoms with Gasteiger partial charge in [0.1, 0.15) is 12.5 Å². The van der Waals surface area contributed by atoms with Gasteiger partial charge < -0.3 is 4.42 Å². The van der Waals surface area contributed by atoms with Crippen molar-refractivity contribution in [2.75, 3.05) is 6.54 Å². The fourth-order valence-electron chi connectivity index (χ4n) is 2.76. The van der Waals surface area contributed by atoms with Gasteiger partial charge in [-0.15, -0.1) is 5.10 Å². The quantitative estimate of drug-likeness (QED) is 0.646. The Kier molecular flexibility index (Phi) is 5.63. The molecule has 1 heterocycles. The summed E-state index contributed by atoms with van der Waals surface area (Å²) >= 11 is 0. The molecular weight excluding hydrogens is 333 g/mol. The lowest BCUT2D eigenvalue weighted by molar-refractivity contribution is 0.192. The van der Waals surface area contributed by atoms with E-state index in [0.29, 0.717) is 12.2 Å². The van der Waals surface area contributed by atoms with Gasteiger partial charge in [0.05, 0.1) is 0 Å². The van der Waals surface area contributed by atoms with Gasteiger partial charge in [-0.2, -0.15) is 4.68 Å².